The van der Waals surface area contributed by atoms with Crippen molar-refractivity contribution in [1.82, 2.24) is 29.3 Å². The molecular formula is C30H32F3N7O2S. The van der Waals surface area contributed by atoms with Gasteiger partial charge < -0.3 is 15.2 Å². The Kier molecular flexibility index (Phi) is 7.44. The molecule has 43 heavy (non-hydrogen) atoms. The van der Waals surface area contributed by atoms with E-state index in [0.29, 0.717) is 53.5 Å². The predicted octanol–water partition coefficient (Wildman–Crippen LogP) is 4.88. The van der Waals surface area contributed by atoms with Crippen LogP contribution in [0.4, 0.5) is 19.0 Å². The lowest BCUT2D eigenvalue weighted by Crippen LogP contribution is -2.43. The van der Waals surface area contributed by atoms with Crippen LogP contribution < -0.4 is 19.5 Å². The van der Waals surface area contributed by atoms with Gasteiger partial charge in [-0.3, -0.25) is 9.88 Å². The van der Waals surface area contributed by atoms with Crippen molar-refractivity contribution >= 4 is 39.6 Å². The lowest BCUT2D eigenvalue weighted by molar-refractivity contribution is 0.107. The molecule has 9 nitrogen and oxygen atoms in total. The summed E-state index contributed by atoms with van der Waals surface area (Å²) in [6, 6.07) is 5.90. The third-order valence-corrected chi connectivity index (χ3v) is 9.56. The Labute approximate surface area is 250 Å². The standard InChI is InChI=1S/C30H32F3N7O2S/c1-2-20-23(32)5-4-16-8-19(41)9-21(24(16)20)26-25(33)27-22(13-34-26)28(35-11-18-12-36-43-39-18)38-29(37-27)42-15-30-6-3-7-40(30)14-17(31)10-30/h4-5,8-9,13,17-18,36,39,41H,2-3,6-7,10-12,14-15H2,1H3,(H,35,37,38)/t17-,18?,30+/m1/s1. The summed E-state index contributed by atoms with van der Waals surface area (Å²) in [5.41, 5.74) is 0.150. The zero-order chi connectivity index (χ0) is 29.7. The van der Waals surface area contributed by atoms with Gasteiger partial charge >= 0.3 is 6.01 Å². The highest BCUT2D eigenvalue weighted by Crippen LogP contribution is 2.41. The minimum atomic E-state index is -0.912. The first-order chi connectivity index (χ1) is 20.8. The van der Waals surface area contributed by atoms with Crippen molar-refractivity contribution in [3.8, 4) is 23.0 Å². The maximum atomic E-state index is 16.6. The van der Waals surface area contributed by atoms with Crippen LogP contribution in [0.3, 0.4) is 0 Å². The Morgan fingerprint density at radius 1 is 1.26 bits per heavy atom. The summed E-state index contributed by atoms with van der Waals surface area (Å²) in [4.78, 5) is 15.7. The van der Waals surface area contributed by atoms with Gasteiger partial charge in [0.25, 0.3) is 0 Å². The summed E-state index contributed by atoms with van der Waals surface area (Å²) in [6.07, 6.45) is 3.10. The molecule has 4 aromatic rings. The number of alkyl halides is 1. The number of pyridine rings is 1. The molecule has 1 unspecified atom stereocenters. The van der Waals surface area contributed by atoms with Gasteiger partial charge in [0.1, 0.15) is 41.4 Å². The van der Waals surface area contributed by atoms with E-state index in [9.17, 15) is 13.9 Å². The number of halogens is 3. The van der Waals surface area contributed by atoms with Crippen molar-refractivity contribution in [3.63, 3.8) is 0 Å². The number of phenols is 1. The van der Waals surface area contributed by atoms with Crippen LogP contribution in [0.15, 0.2) is 30.5 Å². The molecule has 0 radical (unpaired) electrons. The lowest BCUT2D eigenvalue weighted by Gasteiger charge is -2.30. The Morgan fingerprint density at radius 2 is 2.14 bits per heavy atom. The van der Waals surface area contributed by atoms with Crippen molar-refractivity contribution in [1.29, 1.82) is 0 Å². The fourth-order valence-corrected chi connectivity index (χ4v) is 7.45. The van der Waals surface area contributed by atoms with Gasteiger partial charge in [-0.05, 0) is 60.3 Å². The average molecular weight is 612 g/mol. The number of aromatic hydroxyl groups is 1. The molecule has 4 N–H and O–H groups in total. The number of hydrogen-bond donors (Lipinski definition) is 4. The molecule has 0 amide bonds. The first-order valence-electron chi connectivity index (χ1n) is 14.6. The second kappa shape index (κ2) is 11.3. The molecule has 3 aliphatic rings. The largest absolute Gasteiger partial charge is 0.508 e. The highest BCUT2D eigenvalue weighted by atomic mass is 32.2. The number of hydrogen-bond acceptors (Lipinski definition) is 10. The molecular weight excluding hydrogens is 579 g/mol. The minimum absolute atomic E-state index is 0.0223. The Morgan fingerprint density at radius 3 is 2.95 bits per heavy atom. The van der Waals surface area contributed by atoms with Crippen LogP contribution in [-0.2, 0) is 6.42 Å². The van der Waals surface area contributed by atoms with E-state index >= 15 is 4.39 Å². The Bertz CT molecular complexity index is 1710. The topological polar surface area (TPSA) is 107 Å². The molecule has 0 aliphatic carbocycles. The summed E-state index contributed by atoms with van der Waals surface area (Å²) in [6.45, 7) is 4.44. The second-order valence-corrected chi connectivity index (χ2v) is 12.2. The van der Waals surface area contributed by atoms with Crippen molar-refractivity contribution < 1.29 is 23.0 Å². The van der Waals surface area contributed by atoms with Gasteiger partial charge in [0.15, 0.2) is 5.82 Å². The number of nitrogens with one attached hydrogen (secondary N) is 3. The van der Waals surface area contributed by atoms with E-state index in [4.69, 9.17) is 4.74 Å². The van der Waals surface area contributed by atoms with Gasteiger partial charge in [-0.15, -0.1) is 0 Å². The Hall–Kier alpha value is -3.39. The number of anilines is 1. The normalized spacial score (nSPS) is 23.8. The highest BCUT2D eigenvalue weighted by molar-refractivity contribution is 7.95. The smallest absolute Gasteiger partial charge is 0.319 e. The number of rotatable bonds is 8. The number of aromatic nitrogens is 3. The van der Waals surface area contributed by atoms with Gasteiger partial charge in [-0.2, -0.15) is 9.97 Å². The maximum Gasteiger partial charge on any atom is 0.319 e. The van der Waals surface area contributed by atoms with Gasteiger partial charge in [0, 0.05) is 56.0 Å². The molecule has 2 aromatic carbocycles. The summed E-state index contributed by atoms with van der Waals surface area (Å²) >= 11 is 1.41. The minimum Gasteiger partial charge on any atom is -0.508 e. The summed E-state index contributed by atoms with van der Waals surface area (Å²) < 4.78 is 58.3. The van der Waals surface area contributed by atoms with E-state index in [2.05, 4.69) is 34.6 Å². The van der Waals surface area contributed by atoms with Crippen LogP contribution in [0, 0.1) is 11.6 Å². The van der Waals surface area contributed by atoms with E-state index in [0.717, 1.165) is 25.9 Å². The fraction of sp³-hybridized carbons (Fsp3) is 0.433. The van der Waals surface area contributed by atoms with Crippen LogP contribution in [-0.4, -0.2) is 75.5 Å². The van der Waals surface area contributed by atoms with Crippen LogP contribution >= 0.6 is 12.1 Å². The molecule has 5 heterocycles. The zero-order valence-corrected chi connectivity index (χ0v) is 24.4. The fourth-order valence-electron chi connectivity index (χ4n) is 6.75. The van der Waals surface area contributed by atoms with Gasteiger partial charge in [-0.25, -0.2) is 22.6 Å². The predicted molar refractivity (Wildman–Crippen MR) is 161 cm³/mol. The van der Waals surface area contributed by atoms with Crippen LogP contribution in [0.5, 0.6) is 11.8 Å². The van der Waals surface area contributed by atoms with Crippen molar-refractivity contribution in [3.05, 3.63) is 47.7 Å². The number of nitrogens with zero attached hydrogens (tertiary/aromatic N) is 4. The van der Waals surface area contributed by atoms with E-state index in [1.807, 2.05) is 6.92 Å². The third-order valence-electron chi connectivity index (χ3n) is 8.80. The van der Waals surface area contributed by atoms with Crippen LogP contribution in [0.2, 0.25) is 0 Å². The van der Waals surface area contributed by atoms with E-state index in [-0.39, 0.29) is 41.2 Å². The Balaban J connectivity index is 1.33. The molecule has 3 saturated heterocycles. The van der Waals surface area contributed by atoms with Gasteiger partial charge in [0.05, 0.1) is 10.9 Å². The van der Waals surface area contributed by atoms with Crippen LogP contribution in [0.25, 0.3) is 32.9 Å². The highest BCUT2D eigenvalue weighted by Gasteiger charge is 2.49. The molecule has 0 saturated carbocycles. The quantitative estimate of drug-likeness (QED) is 0.206. The SMILES string of the molecule is CCc1c(F)ccc2cc(O)cc(-c3ncc4c(NCC5CNSN5)nc(OC[C@@]56CCCN5C[C@H](F)C6)nc4c3F)c12. The second-order valence-electron chi connectivity index (χ2n) is 11.5. The first-order valence-corrected chi connectivity index (χ1v) is 15.4. The average Bonchev–Trinajstić information content (AvgIpc) is 3.72. The van der Waals surface area contributed by atoms with E-state index in [1.165, 1.54) is 36.5 Å². The van der Waals surface area contributed by atoms with E-state index < -0.39 is 23.3 Å². The van der Waals surface area contributed by atoms with Gasteiger partial charge in [0.2, 0.25) is 0 Å². The van der Waals surface area contributed by atoms with Crippen molar-refractivity contribution in [2.45, 2.75) is 50.4 Å². The summed E-state index contributed by atoms with van der Waals surface area (Å²) in [5, 5.41) is 15.2. The molecule has 3 fully saturated rings. The van der Waals surface area contributed by atoms with Crippen molar-refractivity contribution in [2.24, 2.45) is 0 Å². The zero-order valence-electron chi connectivity index (χ0n) is 23.6. The third kappa shape index (κ3) is 5.11. The number of benzene rings is 2. The number of ether oxygens (including phenoxy) is 1. The molecule has 3 aliphatic heterocycles. The maximum absolute atomic E-state index is 16.6. The van der Waals surface area contributed by atoms with Crippen LogP contribution in [0.1, 0.15) is 31.7 Å². The molecule has 0 bridgehead atoms. The molecule has 13 heteroatoms. The summed E-state index contributed by atoms with van der Waals surface area (Å²) in [7, 11) is 0. The molecule has 2 aromatic heterocycles. The molecule has 3 atom stereocenters. The monoisotopic (exact) mass is 611 g/mol. The first kappa shape index (κ1) is 28.4. The molecule has 0 spiro atoms. The van der Waals surface area contributed by atoms with E-state index in [1.54, 1.807) is 6.07 Å². The van der Waals surface area contributed by atoms with Crippen molar-refractivity contribution in [2.75, 3.05) is 38.1 Å². The van der Waals surface area contributed by atoms with Gasteiger partial charge in [-0.1, -0.05) is 13.0 Å². The molecule has 226 valence electrons. The number of aryl methyl sites for hydroxylation is 1. The summed E-state index contributed by atoms with van der Waals surface area (Å²) in [5.74, 6) is -0.894. The molecule has 7 rings (SSSR count). The number of fused-ring (bicyclic) bond motifs is 3. The lowest BCUT2D eigenvalue weighted by atomic mass is 9.94. The number of phenolic OH excluding ortho intramolecular Hbond substituents is 1.